The van der Waals surface area contributed by atoms with E-state index in [9.17, 15) is 35.9 Å². The molecule has 0 radical (unpaired) electrons. The molecule has 212 valence electrons. The SMILES string of the molecule is CCOC(=O)N1c2cc3c(cc2[C@H](N(Cc2cc(C(F)(F)F)cc(C(F)(F)F)c2)C(=O)OC)C[C@@H]1C)NCC3. The van der Waals surface area contributed by atoms with E-state index in [2.05, 4.69) is 5.32 Å². The average Bonchev–Trinajstić information content (AvgIpc) is 3.31. The Morgan fingerprint density at radius 2 is 1.69 bits per heavy atom. The molecular weight excluding hydrogens is 532 g/mol. The van der Waals surface area contributed by atoms with E-state index in [1.54, 1.807) is 26.0 Å². The minimum Gasteiger partial charge on any atom is -0.453 e. The molecule has 2 aliphatic rings. The van der Waals surface area contributed by atoms with Crippen LogP contribution in [0.15, 0.2) is 30.3 Å². The summed E-state index contributed by atoms with van der Waals surface area (Å²) in [5.74, 6) is 0. The molecule has 0 saturated heterocycles. The molecule has 0 aromatic heterocycles. The zero-order chi connectivity index (χ0) is 28.7. The van der Waals surface area contributed by atoms with Gasteiger partial charge in [0.1, 0.15) is 0 Å². The van der Waals surface area contributed by atoms with Crippen LogP contribution in [0.3, 0.4) is 0 Å². The van der Waals surface area contributed by atoms with Gasteiger partial charge in [0.25, 0.3) is 0 Å². The molecule has 2 aromatic carbocycles. The maximum Gasteiger partial charge on any atom is 0.416 e. The van der Waals surface area contributed by atoms with Crippen molar-refractivity contribution in [2.45, 2.75) is 57.7 Å². The van der Waals surface area contributed by atoms with E-state index in [1.165, 1.54) is 4.90 Å². The number of hydrogen-bond donors (Lipinski definition) is 1. The quantitative estimate of drug-likeness (QED) is 0.420. The molecule has 2 atom stereocenters. The van der Waals surface area contributed by atoms with Crippen LogP contribution < -0.4 is 10.2 Å². The number of fused-ring (bicyclic) bond motifs is 2. The molecule has 39 heavy (non-hydrogen) atoms. The van der Waals surface area contributed by atoms with Crippen molar-refractivity contribution in [2.75, 3.05) is 30.5 Å². The summed E-state index contributed by atoms with van der Waals surface area (Å²) in [6.45, 7) is 3.55. The van der Waals surface area contributed by atoms with E-state index in [0.29, 0.717) is 36.3 Å². The van der Waals surface area contributed by atoms with Gasteiger partial charge in [0.2, 0.25) is 0 Å². The topological polar surface area (TPSA) is 71.1 Å². The summed E-state index contributed by atoms with van der Waals surface area (Å²) >= 11 is 0. The molecule has 2 aliphatic heterocycles. The van der Waals surface area contributed by atoms with Crippen molar-refractivity contribution in [2.24, 2.45) is 0 Å². The molecule has 13 heteroatoms. The monoisotopic (exact) mass is 559 g/mol. The molecule has 0 spiro atoms. The Kier molecular flexibility index (Phi) is 7.63. The highest BCUT2D eigenvalue weighted by atomic mass is 19.4. The van der Waals surface area contributed by atoms with E-state index in [0.717, 1.165) is 23.3 Å². The summed E-state index contributed by atoms with van der Waals surface area (Å²) in [4.78, 5) is 28.4. The van der Waals surface area contributed by atoms with Gasteiger partial charge in [-0.3, -0.25) is 9.80 Å². The van der Waals surface area contributed by atoms with Crippen LogP contribution in [0.2, 0.25) is 0 Å². The van der Waals surface area contributed by atoms with E-state index < -0.39 is 54.3 Å². The second kappa shape index (κ2) is 10.5. The number of rotatable bonds is 4. The fourth-order valence-corrected chi connectivity index (χ4v) is 5.11. The summed E-state index contributed by atoms with van der Waals surface area (Å²) < 4.78 is 91.0. The van der Waals surface area contributed by atoms with Crippen molar-refractivity contribution in [3.8, 4) is 0 Å². The zero-order valence-electron chi connectivity index (χ0n) is 21.4. The summed E-state index contributed by atoms with van der Waals surface area (Å²) in [5, 5.41) is 3.21. The molecule has 1 N–H and O–H groups in total. The van der Waals surface area contributed by atoms with Gasteiger partial charge in [0.15, 0.2) is 0 Å². The summed E-state index contributed by atoms with van der Waals surface area (Å²) in [5.41, 5.74) is -0.705. The van der Waals surface area contributed by atoms with Crippen LogP contribution in [-0.2, 0) is 34.8 Å². The van der Waals surface area contributed by atoms with Gasteiger partial charge < -0.3 is 14.8 Å². The van der Waals surface area contributed by atoms with Crippen LogP contribution in [0.1, 0.15) is 54.1 Å². The van der Waals surface area contributed by atoms with Gasteiger partial charge in [-0.15, -0.1) is 0 Å². The minimum absolute atomic E-state index is 0.0379. The second-order valence-electron chi connectivity index (χ2n) is 9.43. The van der Waals surface area contributed by atoms with Crippen LogP contribution in [0.25, 0.3) is 0 Å². The maximum absolute atomic E-state index is 13.5. The highest BCUT2D eigenvalue weighted by Crippen LogP contribution is 2.45. The smallest absolute Gasteiger partial charge is 0.416 e. The van der Waals surface area contributed by atoms with Crippen LogP contribution >= 0.6 is 0 Å². The number of anilines is 2. The molecule has 7 nitrogen and oxygen atoms in total. The standard InChI is InChI=1S/C26H27F6N3O4/c1-4-39-24(37)35-14(2)7-21(19-12-20-16(5-6-33-20)10-22(19)35)34(23(36)38-3)13-15-8-17(25(27,28)29)11-18(9-15)26(30,31)32/h8-12,14,21,33H,4-7,13H2,1-3H3/t14-,21+/m0/s1. The number of ether oxygens (including phenoxy) is 2. The first kappa shape index (κ1) is 28.4. The van der Waals surface area contributed by atoms with E-state index >= 15 is 0 Å². The second-order valence-corrected chi connectivity index (χ2v) is 9.43. The molecule has 2 aromatic rings. The van der Waals surface area contributed by atoms with Gasteiger partial charge in [-0.25, -0.2) is 9.59 Å². The van der Waals surface area contributed by atoms with Gasteiger partial charge >= 0.3 is 24.5 Å². The van der Waals surface area contributed by atoms with Crippen molar-refractivity contribution >= 4 is 23.6 Å². The molecule has 0 unspecified atom stereocenters. The van der Waals surface area contributed by atoms with E-state index in [1.807, 2.05) is 0 Å². The Morgan fingerprint density at radius 3 is 2.26 bits per heavy atom. The van der Waals surface area contributed by atoms with Crippen molar-refractivity contribution in [3.05, 3.63) is 58.1 Å². The first-order valence-corrected chi connectivity index (χ1v) is 12.2. The molecule has 0 aliphatic carbocycles. The van der Waals surface area contributed by atoms with Crippen LogP contribution in [-0.4, -0.2) is 43.4 Å². The van der Waals surface area contributed by atoms with Gasteiger partial charge in [0.05, 0.1) is 36.6 Å². The number of carbonyl (C=O) groups excluding carboxylic acids is 2. The minimum atomic E-state index is -5.04. The summed E-state index contributed by atoms with van der Waals surface area (Å²) in [6.07, 6.45) is -10.8. The number of amides is 2. The van der Waals surface area contributed by atoms with Crippen molar-refractivity contribution in [3.63, 3.8) is 0 Å². The van der Waals surface area contributed by atoms with Gasteiger partial charge in [-0.05, 0) is 68.1 Å². The Bertz CT molecular complexity index is 1230. The highest BCUT2D eigenvalue weighted by Gasteiger charge is 2.41. The Morgan fingerprint density at radius 1 is 1.05 bits per heavy atom. The number of benzene rings is 2. The first-order valence-electron chi connectivity index (χ1n) is 12.2. The number of carbonyl (C=O) groups is 2. The lowest BCUT2D eigenvalue weighted by molar-refractivity contribution is -0.143. The Hall–Kier alpha value is -3.64. The summed E-state index contributed by atoms with van der Waals surface area (Å²) in [7, 11) is 1.07. The molecule has 0 fully saturated rings. The van der Waals surface area contributed by atoms with Gasteiger partial charge in [0, 0.05) is 30.4 Å². The third-order valence-corrected chi connectivity index (χ3v) is 6.84. The number of methoxy groups -OCH3 is 1. The van der Waals surface area contributed by atoms with Gasteiger partial charge in [-0.2, -0.15) is 26.3 Å². The number of nitrogens with zero attached hydrogens (tertiary/aromatic N) is 2. The summed E-state index contributed by atoms with van der Waals surface area (Å²) in [6, 6.07) is 3.42. The molecular formula is C26H27F6N3O4. The fourth-order valence-electron chi connectivity index (χ4n) is 5.11. The zero-order valence-corrected chi connectivity index (χ0v) is 21.4. The molecule has 2 heterocycles. The average molecular weight is 560 g/mol. The maximum atomic E-state index is 13.5. The van der Waals surface area contributed by atoms with E-state index in [4.69, 9.17) is 9.47 Å². The third kappa shape index (κ3) is 5.71. The largest absolute Gasteiger partial charge is 0.453 e. The lowest BCUT2D eigenvalue weighted by Gasteiger charge is -2.42. The van der Waals surface area contributed by atoms with Crippen LogP contribution in [0.5, 0.6) is 0 Å². The lowest BCUT2D eigenvalue weighted by Crippen LogP contribution is -2.47. The van der Waals surface area contributed by atoms with Crippen LogP contribution in [0.4, 0.5) is 47.3 Å². The predicted molar refractivity (Wildman–Crippen MR) is 129 cm³/mol. The molecule has 4 rings (SSSR count). The first-order chi connectivity index (χ1) is 18.2. The highest BCUT2D eigenvalue weighted by molar-refractivity contribution is 5.91. The van der Waals surface area contributed by atoms with Crippen molar-refractivity contribution in [1.29, 1.82) is 0 Å². The van der Waals surface area contributed by atoms with Crippen LogP contribution in [0, 0.1) is 0 Å². The predicted octanol–water partition coefficient (Wildman–Crippen LogP) is 6.76. The number of alkyl halides is 6. The third-order valence-electron chi connectivity index (χ3n) is 6.84. The Labute approximate surface area is 220 Å². The molecule has 0 saturated carbocycles. The number of nitrogens with one attached hydrogen (secondary N) is 1. The normalized spacial score (nSPS) is 18.6. The number of halogens is 6. The van der Waals surface area contributed by atoms with Crippen molar-refractivity contribution < 1.29 is 45.4 Å². The Balaban J connectivity index is 1.83. The number of hydrogen-bond acceptors (Lipinski definition) is 5. The fraction of sp³-hybridized carbons (Fsp3) is 0.462. The van der Waals surface area contributed by atoms with Crippen molar-refractivity contribution in [1.82, 2.24) is 4.90 Å². The molecule has 0 bridgehead atoms. The molecule has 2 amide bonds. The van der Waals surface area contributed by atoms with E-state index in [-0.39, 0.29) is 24.7 Å². The van der Waals surface area contributed by atoms with Gasteiger partial charge in [-0.1, -0.05) is 0 Å². The lowest BCUT2D eigenvalue weighted by atomic mass is 9.89.